The Hall–Kier alpha value is -1.10. The molecule has 1 aliphatic heterocycles. The van der Waals surface area contributed by atoms with Crippen LogP contribution in [0.1, 0.15) is 37.7 Å². The van der Waals surface area contributed by atoms with E-state index in [1.165, 1.54) is 6.42 Å². The summed E-state index contributed by atoms with van der Waals surface area (Å²) in [6, 6.07) is 7.32. The predicted octanol–water partition coefficient (Wildman–Crippen LogP) is 3.46. The van der Waals surface area contributed by atoms with Crippen molar-refractivity contribution in [1.82, 2.24) is 0 Å². The van der Waals surface area contributed by atoms with E-state index in [4.69, 9.17) is 25.8 Å². The summed E-state index contributed by atoms with van der Waals surface area (Å²) in [5.41, 5.74) is 0.791. The van der Waals surface area contributed by atoms with Crippen LogP contribution in [-0.4, -0.2) is 24.5 Å². The lowest BCUT2D eigenvalue weighted by molar-refractivity contribution is -0.196. The molecule has 1 spiro atoms. The maximum atomic E-state index is 12.1. The molecule has 2 aliphatic rings. The number of ether oxygens (including phenoxy) is 3. The molecule has 1 atom stereocenters. The molecule has 1 aromatic carbocycles. The Bertz CT molecular complexity index is 511. The summed E-state index contributed by atoms with van der Waals surface area (Å²) in [6.45, 7) is 0.437. The predicted molar refractivity (Wildman–Crippen MR) is 77.9 cm³/mol. The van der Waals surface area contributed by atoms with Crippen LogP contribution in [0.15, 0.2) is 24.3 Å². The Labute approximate surface area is 129 Å². The molecule has 0 bridgehead atoms. The summed E-state index contributed by atoms with van der Waals surface area (Å²) in [5, 5.41) is 0.595. The monoisotopic (exact) mass is 310 g/mol. The first-order chi connectivity index (χ1) is 10.2. The van der Waals surface area contributed by atoms with Crippen LogP contribution in [0.3, 0.4) is 0 Å². The summed E-state index contributed by atoms with van der Waals surface area (Å²) in [7, 11) is 0. The fourth-order valence-corrected chi connectivity index (χ4v) is 3.07. The Morgan fingerprint density at radius 1 is 1.29 bits per heavy atom. The molecule has 114 valence electrons. The van der Waals surface area contributed by atoms with Crippen molar-refractivity contribution in [2.45, 2.75) is 50.6 Å². The zero-order chi connectivity index (χ0) is 14.7. The summed E-state index contributed by atoms with van der Waals surface area (Å²) in [4.78, 5) is 12.1. The minimum atomic E-state index is -0.620. The van der Waals surface area contributed by atoms with E-state index in [1.807, 2.05) is 18.2 Å². The molecule has 5 heteroatoms. The third-order valence-corrected chi connectivity index (χ3v) is 4.43. The first-order valence-electron chi connectivity index (χ1n) is 7.40. The number of hydrogen-bond donors (Lipinski definition) is 0. The molecule has 4 nitrogen and oxygen atoms in total. The molecule has 1 unspecified atom stereocenters. The molecule has 1 aliphatic carbocycles. The van der Waals surface area contributed by atoms with Gasteiger partial charge in [0.25, 0.3) is 0 Å². The van der Waals surface area contributed by atoms with E-state index >= 15 is 0 Å². The first kappa shape index (κ1) is 14.8. The number of benzene rings is 1. The first-order valence-corrected chi connectivity index (χ1v) is 7.78. The van der Waals surface area contributed by atoms with Crippen molar-refractivity contribution in [2.75, 3.05) is 6.61 Å². The number of hydrogen-bond acceptors (Lipinski definition) is 4. The number of carbonyl (C=O) groups is 1. The van der Waals surface area contributed by atoms with Gasteiger partial charge in [-0.25, -0.2) is 4.79 Å². The maximum absolute atomic E-state index is 12.1. The summed E-state index contributed by atoms with van der Waals surface area (Å²) in [6.07, 6.45) is 4.48. The van der Waals surface area contributed by atoms with Gasteiger partial charge in [0, 0.05) is 23.4 Å². The van der Waals surface area contributed by atoms with Crippen molar-refractivity contribution in [3.8, 4) is 0 Å². The maximum Gasteiger partial charge on any atom is 0.338 e. The molecule has 1 heterocycles. The zero-order valence-electron chi connectivity index (χ0n) is 11.8. The quantitative estimate of drug-likeness (QED) is 0.802. The van der Waals surface area contributed by atoms with E-state index < -0.39 is 11.9 Å². The molecule has 1 saturated carbocycles. The van der Waals surface area contributed by atoms with Gasteiger partial charge < -0.3 is 14.2 Å². The highest BCUT2D eigenvalue weighted by Gasteiger charge is 2.45. The van der Waals surface area contributed by atoms with Crippen molar-refractivity contribution in [2.24, 2.45) is 0 Å². The van der Waals surface area contributed by atoms with Crippen molar-refractivity contribution >= 4 is 17.6 Å². The lowest BCUT2D eigenvalue weighted by Crippen LogP contribution is -2.35. The molecule has 1 saturated heterocycles. The van der Waals surface area contributed by atoms with Gasteiger partial charge >= 0.3 is 5.97 Å². The van der Waals surface area contributed by atoms with Gasteiger partial charge in [-0.2, -0.15) is 0 Å². The highest BCUT2D eigenvalue weighted by atomic mass is 35.5. The second-order valence-electron chi connectivity index (χ2n) is 5.59. The molecular formula is C16H19ClO4. The molecule has 0 radical (unpaired) electrons. The van der Waals surface area contributed by atoms with Crippen LogP contribution in [0.4, 0.5) is 0 Å². The fourth-order valence-electron chi connectivity index (χ4n) is 2.88. The topological polar surface area (TPSA) is 44.8 Å². The summed E-state index contributed by atoms with van der Waals surface area (Å²) < 4.78 is 16.9. The molecular weight excluding hydrogens is 292 g/mol. The normalized spacial score (nSPS) is 24.1. The number of esters is 1. The average Bonchev–Trinajstić information content (AvgIpc) is 2.90. The lowest BCUT2D eigenvalue weighted by atomic mass is 9.94. The van der Waals surface area contributed by atoms with E-state index in [0.29, 0.717) is 5.02 Å². The van der Waals surface area contributed by atoms with E-state index in [9.17, 15) is 4.79 Å². The van der Waals surface area contributed by atoms with Gasteiger partial charge in [-0.15, -0.1) is 0 Å². The highest BCUT2D eigenvalue weighted by Crippen LogP contribution is 2.38. The average molecular weight is 311 g/mol. The zero-order valence-corrected chi connectivity index (χ0v) is 12.6. The molecule has 0 aromatic heterocycles. The van der Waals surface area contributed by atoms with Gasteiger partial charge in [-0.05, 0) is 18.9 Å². The molecule has 1 aromatic rings. The van der Waals surface area contributed by atoms with Crippen LogP contribution in [0.5, 0.6) is 0 Å². The van der Waals surface area contributed by atoms with Crippen LogP contribution in [0.2, 0.25) is 5.02 Å². The van der Waals surface area contributed by atoms with Crippen molar-refractivity contribution < 1.29 is 19.0 Å². The third-order valence-electron chi connectivity index (χ3n) is 4.06. The highest BCUT2D eigenvalue weighted by molar-refractivity contribution is 6.31. The minimum absolute atomic E-state index is 0.158. The van der Waals surface area contributed by atoms with E-state index in [0.717, 1.165) is 31.2 Å². The summed E-state index contributed by atoms with van der Waals surface area (Å²) in [5.74, 6) is -0.927. The van der Waals surface area contributed by atoms with Crippen LogP contribution in [0.25, 0.3) is 0 Å². The van der Waals surface area contributed by atoms with E-state index in [2.05, 4.69) is 0 Å². The smallest absolute Gasteiger partial charge is 0.338 e. The van der Waals surface area contributed by atoms with Gasteiger partial charge in [-0.3, -0.25) is 0 Å². The molecule has 0 N–H and O–H groups in total. The molecule has 21 heavy (non-hydrogen) atoms. The number of rotatable bonds is 3. The van der Waals surface area contributed by atoms with Crippen LogP contribution < -0.4 is 0 Å². The Morgan fingerprint density at radius 2 is 2.05 bits per heavy atom. The van der Waals surface area contributed by atoms with Crippen molar-refractivity contribution in [3.63, 3.8) is 0 Å². The lowest BCUT2D eigenvalue weighted by Gasteiger charge is -2.31. The molecule has 3 rings (SSSR count). The van der Waals surface area contributed by atoms with Crippen molar-refractivity contribution in [1.29, 1.82) is 0 Å². The SMILES string of the molecule is O=C(OCc1ccccc1Cl)C1COC2(CCCCC2)O1. The number of halogens is 1. The van der Waals surface area contributed by atoms with Gasteiger partial charge in [0.05, 0.1) is 6.61 Å². The van der Waals surface area contributed by atoms with Crippen LogP contribution in [0, 0.1) is 0 Å². The van der Waals surface area contributed by atoms with Gasteiger partial charge in [-0.1, -0.05) is 36.2 Å². The fraction of sp³-hybridized carbons (Fsp3) is 0.562. The van der Waals surface area contributed by atoms with E-state index in [-0.39, 0.29) is 19.2 Å². The van der Waals surface area contributed by atoms with Crippen molar-refractivity contribution in [3.05, 3.63) is 34.9 Å². The molecule has 2 fully saturated rings. The molecule has 0 amide bonds. The number of carbonyl (C=O) groups excluding carboxylic acids is 1. The van der Waals surface area contributed by atoms with E-state index in [1.54, 1.807) is 6.07 Å². The Kier molecular flexibility index (Phi) is 4.48. The minimum Gasteiger partial charge on any atom is -0.459 e. The summed E-state index contributed by atoms with van der Waals surface area (Å²) >= 11 is 6.04. The Morgan fingerprint density at radius 3 is 2.81 bits per heavy atom. The third kappa shape index (κ3) is 3.39. The standard InChI is InChI=1S/C16H19ClO4/c17-13-7-3-2-6-12(13)10-19-15(18)14-11-20-16(21-14)8-4-1-5-9-16/h2-3,6-7,14H,1,4-5,8-11H2. The second kappa shape index (κ2) is 6.34. The largest absolute Gasteiger partial charge is 0.459 e. The van der Waals surface area contributed by atoms with Gasteiger partial charge in [0.1, 0.15) is 6.61 Å². The second-order valence-corrected chi connectivity index (χ2v) is 6.00. The Balaban J connectivity index is 1.53. The van der Waals surface area contributed by atoms with Crippen LogP contribution in [-0.2, 0) is 25.6 Å². The van der Waals surface area contributed by atoms with Gasteiger partial charge in [0.2, 0.25) is 0 Å². The van der Waals surface area contributed by atoms with Crippen LogP contribution >= 0.6 is 11.6 Å². The van der Waals surface area contributed by atoms with Gasteiger partial charge in [0.15, 0.2) is 11.9 Å².